The van der Waals surface area contributed by atoms with Gasteiger partial charge in [-0.2, -0.15) is 0 Å². The summed E-state index contributed by atoms with van der Waals surface area (Å²) in [7, 11) is 0. The summed E-state index contributed by atoms with van der Waals surface area (Å²) in [6.07, 6.45) is 6.08. The van der Waals surface area contributed by atoms with E-state index in [1.54, 1.807) is 6.08 Å². The molecule has 1 atom stereocenters. The van der Waals surface area contributed by atoms with Crippen molar-refractivity contribution in [3.05, 3.63) is 34.7 Å². The number of carbonyl (C=O) groups excluding carboxylic acids is 3. The van der Waals surface area contributed by atoms with Gasteiger partial charge in [0.1, 0.15) is 6.54 Å². The topological polar surface area (TPSA) is 79.0 Å². The first-order chi connectivity index (χ1) is 14.1. The number of ether oxygens (including phenoxy) is 1. The number of benzene rings is 1. The zero-order valence-electron chi connectivity index (χ0n) is 16.3. The minimum Gasteiger partial charge on any atom is -0.376 e. The average Bonchev–Trinajstić information content (AvgIpc) is 3.47. The summed E-state index contributed by atoms with van der Waals surface area (Å²) in [4.78, 5) is 40.6. The molecule has 3 fully saturated rings. The Morgan fingerprint density at radius 2 is 1.93 bits per heavy atom. The minimum absolute atomic E-state index is 0.0253. The van der Waals surface area contributed by atoms with Crippen LogP contribution < -0.4 is 10.2 Å². The van der Waals surface area contributed by atoms with Gasteiger partial charge in [-0.1, -0.05) is 12.1 Å². The zero-order chi connectivity index (χ0) is 20.2. The monoisotopic (exact) mass is 415 g/mol. The summed E-state index contributed by atoms with van der Waals surface area (Å²) < 4.78 is 5.46. The zero-order valence-corrected chi connectivity index (χ0v) is 17.1. The van der Waals surface area contributed by atoms with Crippen molar-refractivity contribution in [2.24, 2.45) is 0 Å². The molecule has 3 saturated heterocycles. The molecule has 0 unspecified atom stereocenters. The van der Waals surface area contributed by atoms with Gasteiger partial charge >= 0.3 is 0 Å². The summed E-state index contributed by atoms with van der Waals surface area (Å²) in [5, 5.41) is 2.33. The van der Waals surface area contributed by atoms with Crippen molar-refractivity contribution < 1.29 is 19.1 Å². The van der Waals surface area contributed by atoms with Crippen molar-refractivity contribution in [3.63, 3.8) is 0 Å². The van der Waals surface area contributed by atoms with Gasteiger partial charge in [0.25, 0.3) is 11.1 Å². The molecule has 0 bridgehead atoms. The summed E-state index contributed by atoms with van der Waals surface area (Å²) in [6, 6.07) is 7.99. The molecule has 29 heavy (non-hydrogen) atoms. The first-order valence-corrected chi connectivity index (χ1v) is 10.9. The first kappa shape index (κ1) is 20.0. The van der Waals surface area contributed by atoms with E-state index in [9.17, 15) is 14.4 Å². The fourth-order valence-corrected chi connectivity index (χ4v) is 4.62. The third kappa shape index (κ3) is 4.82. The third-order valence-electron chi connectivity index (χ3n) is 5.39. The maximum Gasteiger partial charge on any atom is 0.294 e. The van der Waals surface area contributed by atoms with E-state index >= 15 is 0 Å². The van der Waals surface area contributed by atoms with E-state index < -0.39 is 11.1 Å². The molecule has 8 heteroatoms. The minimum atomic E-state index is -0.420. The SMILES string of the molecule is O=C(CN1C(=O)S/C(=C\c2ccc(N3CCCC3)cc2)C1=O)NC[C@@H]1CCCO1. The largest absolute Gasteiger partial charge is 0.376 e. The van der Waals surface area contributed by atoms with Crippen LogP contribution in [0.4, 0.5) is 10.5 Å². The molecule has 3 aliphatic rings. The highest BCUT2D eigenvalue weighted by Gasteiger charge is 2.36. The van der Waals surface area contributed by atoms with Crippen LogP contribution in [0, 0.1) is 0 Å². The van der Waals surface area contributed by atoms with Gasteiger partial charge in [0.15, 0.2) is 0 Å². The van der Waals surface area contributed by atoms with E-state index in [0.29, 0.717) is 18.1 Å². The summed E-state index contributed by atoms with van der Waals surface area (Å²) in [5.74, 6) is -0.769. The van der Waals surface area contributed by atoms with Crippen LogP contribution in [0.2, 0.25) is 0 Å². The quantitative estimate of drug-likeness (QED) is 0.720. The highest BCUT2D eigenvalue weighted by Crippen LogP contribution is 2.32. The number of hydrogen-bond donors (Lipinski definition) is 1. The predicted octanol–water partition coefficient (Wildman–Crippen LogP) is 2.62. The van der Waals surface area contributed by atoms with Gasteiger partial charge in [-0.25, -0.2) is 0 Å². The lowest BCUT2D eigenvalue weighted by Crippen LogP contribution is -2.41. The van der Waals surface area contributed by atoms with E-state index in [-0.39, 0.29) is 18.6 Å². The molecule has 3 amide bonds. The van der Waals surface area contributed by atoms with Gasteiger partial charge in [-0.15, -0.1) is 0 Å². The van der Waals surface area contributed by atoms with Gasteiger partial charge in [-0.3, -0.25) is 19.3 Å². The van der Waals surface area contributed by atoms with Crippen molar-refractivity contribution in [2.45, 2.75) is 31.8 Å². The van der Waals surface area contributed by atoms with Crippen molar-refractivity contribution >= 4 is 40.6 Å². The van der Waals surface area contributed by atoms with Crippen molar-refractivity contribution in [1.29, 1.82) is 0 Å². The van der Waals surface area contributed by atoms with Crippen LogP contribution in [0.1, 0.15) is 31.2 Å². The molecule has 7 nitrogen and oxygen atoms in total. The molecule has 154 valence electrons. The molecule has 1 N–H and O–H groups in total. The van der Waals surface area contributed by atoms with Crippen LogP contribution in [-0.4, -0.2) is 60.8 Å². The van der Waals surface area contributed by atoms with Gasteiger partial charge in [0, 0.05) is 31.9 Å². The van der Waals surface area contributed by atoms with Crippen LogP contribution in [0.25, 0.3) is 6.08 Å². The van der Waals surface area contributed by atoms with E-state index in [0.717, 1.165) is 48.2 Å². The fraction of sp³-hybridized carbons (Fsp3) is 0.476. The molecular weight excluding hydrogens is 390 g/mol. The molecule has 1 aromatic carbocycles. The maximum absolute atomic E-state index is 12.6. The van der Waals surface area contributed by atoms with Crippen molar-refractivity contribution in [2.75, 3.05) is 37.7 Å². The van der Waals surface area contributed by atoms with Crippen LogP contribution in [-0.2, 0) is 14.3 Å². The Morgan fingerprint density at radius 1 is 1.17 bits per heavy atom. The third-order valence-corrected chi connectivity index (χ3v) is 6.30. The van der Waals surface area contributed by atoms with E-state index in [2.05, 4.69) is 10.2 Å². The van der Waals surface area contributed by atoms with E-state index in [4.69, 9.17) is 4.74 Å². The number of amides is 3. The van der Waals surface area contributed by atoms with E-state index in [1.807, 2.05) is 24.3 Å². The number of rotatable bonds is 6. The first-order valence-electron chi connectivity index (χ1n) is 10.1. The summed E-state index contributed by atoms with van der Waals surface area (Å²) >= 11 is 0.875. The lowest BCUT2D eigenvalue weighted by molar-refractivity contribution is -0.129. The second-order valence-corrected chi connectivity index (χ2v) is 8.49. The highest BCUT2D eigenvalue weighted by atomic mass is 32.2. The number of nitrogens with one attached hydrogen (secondary N) is 1. The Bertz CT molecular complexity index is 812. The molecule has 1 aromatic rings. The molecule has 3 heterocycles. The highest BCUT2D eigenvalue weighted by molar-refractivity contribution is 8.18. The van der Waals surface area contributed by atoms with Crippen LogP contribution in [0.15, 0.2) is 29.2 Å². The Kier molecular flexibility index (Phi) is 6.20. The van der Waals surface area contributed by atoms with Gasteiger partial charge in [0.2, 0.25) is 5.91 Å². The lowest BCUT2D eigenvalue weighted by atomic mass is 10.2. The van der Waals surface area contributed by atoms with Crippen LogP contribution >= 0.6 is 11.8 Å². The average molecular weight is 416 g/mol. The summed E-state index contributed by atoms with van der Waals surface area (Å²) in [5.41, 5.74) is 2.04. The van der Waals surface area contributed by atoms with Gasteiger partial charge in [0.05, 0.1) is 11.0 Å². The van der Waals surface area contributed by atoms with Crippen molar-refractivity contribution in [3.8, 4) is 0 Å². The molecule has 0 radical (unpaired) electrons. The Labute approximate surface area is 174 Å². The second kappa shape index (κ2) is 9.00. The normalized spacial score (nSPS) is 23.4. The van der Waals surface area contributed by atoms with Crippen LogP contribution in [0.5, 0.6) is 0 Å². The fourth-order valence-electron chi connectivity index (χ4n) is 3.78. The Morgan fingerprint density at radius 3 is 2.62 bits per heavy atom. The van der Waals surface area contributed by atoms with Crippen molar-refractivity contribution in [1.82, 2.24) is 10.2 Å². The predicted molar refractivity (Wildman–Crippen MR) is 113 cm³/mol. The Hall–Kier alpha value is -2.32. The second-order valence-electron chi connectivity index (χ2n) is 7.49. The molecule has 0 aliphatic carbocycles. The summed E-state index contributed by atoms with van der Waals surface area (Å²) in [6.45, 7) is 3.02. The number of thioether (sulfide) groups is 1. The number of imide groups is 1. The number of anilines is 1. The number of nitrogens with zero attached hydrogens (tertiary/aromatic N) is 2. The number of hydrogen-bond acceptors (Lipinski definition) is 6. The van der Waals surface area contributed by atoms with Crippen LogP contribution in [0.3, 0.4) is 0 Å². The molecule has 3 aliphatic heterocycles. The van der Waals surface area contributed by atoms with Gasteiger partial charge < -0.3 is 15.0 Å². The molecule has 0 spiro atoms. The van der Waals surface area contributed by atoms with E-state index in [1.165, 1.54) is 18.5 Å². The molecule has 4 rings (SSSR count). The molecule has 0 saturated carbocycles. The standard InChI is InChI=1S/C21H25N3O4S/c25-19(22-13-17-4-3-11-28-17)14-24-20(26)18(29-21(24)27)12-15-5-7-16(8-6-15)23-9-1-2-10-23/h5-8,12,17H,1-4,9-11,13-14H2,(H,22,25)/b18-12-/t17-/m0/s1. The Balaban J connectivity index is 1.34. The smallest absolute Gasteiger partial charge is 0.294 e. The molecule has 0 aromatic heterocycles. The number of carbonyl (C=O) groups is 3. The lowest BCUT2D eigenvalue weighted by Gasteiger charge is -2.17. The van der Waals surface area contributed by atoms with Gasteiger partial charge in [-0.05, 0) is 61.2 Å². The molecular formula is C21H25N3O4S. The maximum atomic E-state index is 12.6.